The molecular weight excluding hydrogens is 252 g/mol. The summed E-state index contributed by atoms with van der Waals surface area (Å²) in [7, 11) is 0. The Hall–Kier alpha value is -1.55. The zero-order chi connectivity index (χ0) is 14.2. The van der Waals surface area contributed by atoms with Gasteiger partial charge in [-0.25, -0.2) is 4.79 Å². The van der Waals surface area contributed by atoms with Gasteiger partial charge in [0.2, 0.25) is 0 Å². The molecule has 20 heavy (non-hydrogen) atoms. The van der Waals surface area contributed by atoms with E-state index in [4.69, 9.17) is 4.74 Å². The molecule has 0 saturated heterocycles. The van der Waals surface area contributed by atoms with Gasteiger partial charge in [0.05, 0.1) is 6.61 Å². The first kappa shape index (κ1) is 14.9. The van der Waals surface area contributed by atoms with Crippen LogP contribution in [0.5, 0.6) is 0 Å². The van der Waals surface area contributed by atoms with Gasteiger partial charge in [-0.1, -0.05) is 25.5 Å². The third-order valence-corrected chi connectivity index (χ3v) is 3.32. The molecule has 0 aromatic heterocycles. The zero-order valence-corrected chi connectivity index (χ0v) is 12.2. The van der Waals surface area contributed by atoms with E-state index in [2.05, 4.69) is 17.6 Å². The number of carbonyl (C=O) groups is 1. The maximum atomic E-state index is 11.7. The molecule has 2 rings (SSSR count). The van der Waals surface area contributed by atoms with Crippen molar-refractivity contribution < 1.29 is 9.53 Å². The van der Waals surface area contributed by atoms with Gasteiger partial charge in [-0.3, -0.25) is 0 Å². The van der Waals surface area contributed by atoms with Crippen molar-refractivity contribution in [3.63, 3.8) is 0 Å². The van der Waals surface area contributed by atoms with Gasteiger partial charge in [-0.2, -0.15) is 0 Å². The Kier molecular flexibility index (Phi) is 5.87. The number of carbonyl (C=O) groups excluding carboxylic acids is 1. The SMILES string of the molecule is CCCCNC(=O)Nc1cccc(COCC2CC2)c1. The fourth-order valence-corrected chi connectivity index (χ4v) is 1.92. The minimum atomic E-state index is -0.144. The van der Waals surface area contributed by atoms with E-state index in [0.29, 0.717) is 13.2 Å². The van der Waals surface area contributed by atoms with Gasteiger partial charge in [-0.05, 0) is 42.9 Å². The highest BCUT2D eigenvalue weighted by atomic mass is 16.5. The predicted molar refractivity (Wildman–Crippen MR) is 80.8 cm³/mol. The second-order valence-electron chi connectivity index (χ2n) is 5.39. The van der Waals surface area contributed by atoms with E-state index < -0.39 is 0 Å². The number of nitrogens with one attached hydrogen (secondary N) is 2. The Morgan fingerprint density at radius 3 is 3.00 bits per heavy atom. The highest BCUT2D eigenvalue weighted by molar-refractivity contribution is 5.89. The van der Waals surface area contributed by atoms with Crippen LogP contribution in [-0.4, -0.2) is 19.2 Å². The van der Waals surface area contributed by atoms with Crippen molar-refractivity contribution in [3.8, 4) is 0 Å². The van der Waals surface area contributed by atoms with Gasteiger partial charge in [0, 0.05) is 18.8 Å². The first-order valence-electron chi connectivity index (χ1n) is 7.49. The lowest BCUT2D eigenvalue weighted by Gasteiger charge is -2.09. The molecule has 0 spiro atoms. The maximum Gasteiger partial charge on any atom is 0.319 e. The molecule has 2 amide bonds. The molecule has 0 aliphatic heterocycles. The summed E-state index contributed by atoms with van der Waals surface area (Å²) in [4.78, 5) is 11.7. The van der Waals surface area contributed by atoms with Crippen LogP contribution >= 0.6 is 0 Å². The molecule has 1 aliphatic rings. The Labute approximate surface area is 120 Å². The number of amides is 2. The molecule has 4 nitrogen and oxygen atoms in total. The molecule has 0 radical (unpaired) electrons. The molecule has 0 atom stereocenters. The fraction of sp³-hybridized carbons (Fsp3) is 0.562. The number of anilines is 1. The summed E-state index contributed by atoms with van der Waals surface area (Å²) in [6, 6.07) is 7.68. The van der Waals surface area contributed by atoms with Gasteiger partial charge >= 0.3 is 6.03 Å². The number of hydrogen-bond donors (Lipinski definition) is 2. The number of unbranched alkanes of at least 4 members (excludes halogenated alkanes) is 1. The maximum absolute atomic E-state index is 11.7. The average molecular weight is 276 g/mol. The first-order valence-corrected chi connectivity index (χ1v) is 7.49. The normalized spacial score (nSPS) is 14.1. The zero-order valence-electron chi connectivity index (χ0n) is 12.2. The van der Waals surface area contributed by atoms with Crippen LogP contribution in [0.25, 0.3) is 0 Å². The van der Waals surface area contributed by atoms with E-state index in [9.17, 15) is 4.79 Å². The third kappa shape index (κ3) is 5.61. The Morgan fingerprint density at radius 2 is 2.25 bits per heavy atom. The summed E-state index contributed by atoms with van der Waals surface area (Å²) < 4.78 is 5.65. The lowest BCUT2D eigenvalue weighted by Crippen LogP contribution is -2.29. The average Bonchev–Trinajstić information content (AvgIpc) is 3.24. The molecule has 2 N–H and O–H groups in total. The van der Waals surface area contributed by atoms with E-state index in [0.717, 1.165) is 36.6 Å². The van der Waals surface area contributed by atoms with Crippen LogP contribution in [-0.2, 0) is 11.3 Å². The van der Waals surface area contributed by atoms with Gasteiger partial charge < -0.3 is 15.4 Å². The molecule has 110 valence electrons. The van der Waals surface area contributed by atoms with Crippen molar-refractivity contribution >= 4 is 11.7 Å². The van der Waals surface area contributed by atoms with Crippen LogP contribution < -0.4 is 10.6 Å². The predicted octanol–water partition coefficient (Wildman–Crippen LogP) is 3.53. The fourth-order valence-electron chi connectivity index (χ4n) is 1.92. The number of rotatable bonds is 8. The van der Waals surface area contributed by atoms with E-state index >= 15 is 0 Å². The Morgan fingerprint density at radius 1 is 1.40 bits per heavy atom. The van der Waals surface area contributed by atoms with Crippen LogP contribution in [0.3, 0.4) is 0 Å². The summed E-state index contributed by atoms with van der Waals surface area (Å²) in [5, 5.41) is 5.68. The van der Waals surface area contributed by atoms with E-state index in [1.807, 2.05) is 24.3 Å². The van der Waals surface area contributed by atoms with E-state index in [1.54, 1.807) is 0 Å². The lowest BCUT2D eigenvalue weighted by molar-refractivity contribution is 0.111. The molecule has 4 heteroatoms. The molecule has 1 aromatic rings. The second kappa shape index (κ2) is 7.90. The molecule has 1 aromatic carbocycles. The van der Waals surface area contributed by atoms with Crippen molar-refractivity contribution in [2.24, 2.45) is 5.92 Å². The monoisotopic (exact) mass is 276 g/mol. The van der Waals surface area contributed by atoms with Gasteiger partial charge in [0.25, 0.3) is 0 Å². The minimum Gasteiger partial charge on any atom is -0.376 e. The molecular formula is C16H24N2O2. The van der Waals surface area contributed by atoms with Gasteiger partial charge in [0.15, 0.2) is 0 Å². The summed E-state index contributed by atoms with van der Waals surface area (Å²) in [5.74, 6) is 0.778. The van der Waals surface area contributed by atoms with E-state index in [1.165, 1.54) is 12.8 Å². The van der Waals surface area contributed by atoms with E-state index in [-0.39, 0.29) is 6.03 Å². The smallest absolute Gasteiger partial charge is 0.319 e. The highest BCUT2D eigenvalue weighted by Crippen LogP contribution is 2.29. The quantitative estimate of drug-likeness (QED) is 0.714. The lowest BCUT2D eigenvalue weighted by atomic mass is 10.2. The van der Waals surface area contributed by atoms with Gasteiger partial charge in [-0.15, -0.1) is 0 Å². The number of ether oxygens (including phenoxy) is 1. The van der Waals surface area contributed by atoms with Crippen LogP contribution in [0.2, 0.25) is 0 Å². The number of benzene rings is 1. The first-order chi connectivity index (χ1) is 9.78. The molecule has 0 heterocycles. The van der Waals surface area contributed by atoms with Gasteiger partial charge in [0.1, 0.15) is 0 Å². The van der Waals surface area contributed by atoms with Crippen molar-refractivity contribution in [2.45, 2.75) is 39.2 Å². The molecule has 0 bridgehead atoms. The topological polar surface area (TPSA) is 50.4 Å². The second-order valence-corrected chi connectivity index (χ2v) is 5.39. The van der Waals surface area contributed by atoms with Crippen LogP contribution in [0, 0.1) is 5.92 Å². The summed E-state index contributed by atoms with van der Waals surface area (Å²) in [5.41, 5.74) is 1.91. The molecule has 1 fully saturated rings. The van der Waals surface area contributed by atoms with Crippen LogP contribution in [0.1, 0.15) is 38.2 Å². The Bertz CT molecular complexity index is 430. The third-order valence-electron chi connectivity index (χ3n) is 3.32. The molecule has 1 aliphatic carbocycles. The van der Waals surface area contributed by atoms with Crippen molar-refractivity contribution in [2.75, 3.05) is 18.5 Å². The summed E-state index contributed by atoms with van der Waals surface area (Å²) in [6.07, 6.45) is 4.69. The highest BCUT2D eigenvalue weighted by Gasteiger charge is 2.20. The number of hydrogen-bond acceptors (Lipinski definition) is 2. The summed E-state index contributed by atoms with van der Waals surface area (Å²) in [6.45, 7) is 4.29. The van der Waals surface area contributed by atoms with Crippen molar-refractivity contribution in [1.82, 2.24) is 5.32 Å². The van der Waals surface area contributed by atoms with Crippen molar-refractivity contribution in [3.05, 3.63) is 29.8 Å². The summed E-state index contributed by atoms with van der Waals surface area (Å²) >= 11 is 0. The van der Waals surface area contributed by atoms with Crippen LogP contribution in [0.4, 0.5) is 10.5 Å². The Balaban J connectivity index is 1.74. The largest absolute Gasteiger partial charge is 0.376 e. The van der Waals surface area contributed by atoms with Crippen molar-refractivity contribution in [1.29, 1.82) is 0 Å². The van der Waals surface area contributed by atoms with Crippen LogP contribution in [0.15, 0.2) is 24.3 Å². The molecule has 1 saturated carbocycles. The molecule has 0 unspecified atom stereocenters. The number of urea groups is 1. The standard InChI is InChI=1S/C16H24N2O2/c1-2-3-9-17-16(19)18-15-6-4-5-14(10-15)12-20-11-13-7-8-13/h4-6,10,13H,2-3,7-9,11-12H2,1H3,(H2,17,18,19). The minimum absolute atomic E-state index is 0.144.